The second-order valence-corrected chi connectivity index (χ2v) is 8.74. The molecule has 1 heterocycles. The Kier molecular flexibility index (Phi) is 6.26. The first-order chi connectivity index (χ1) is 13.3. The Bertz CT molecular complexity index is 1120. The van der Waals surface area contributed by atoms with E-state index in [0.717, 1.165) is 11.6 Å². The maximum Gasteiger partial charge on any atom is 0.266 e. The first kappa shape index (κ1) is 20.6. The van der Waals surface area contributed by atoms with Gasteiger partial charge in [0, 0.05) is 0 Å². The highest BCUT2D eigenvalue weighted by molar-refractivity contribution is 9.10. The number of hydrogen-bond donors (Lipinski definition) is 1. The minimum absolute atomic E-state index is 0.0992. The SMILES string of the molecule is O=S(=O)(Nc1ncc(Br)nc1OCc1ccccc1)c1cc(F)c(Br)cc1F. The van der Waals surface area contributed by atoms with Crippen molar-refractivity contribution >= 4 is 47.7 Å². The van der Waals surface area contributed by atoms with E-state index in [9.17, 15) is 17.2 Å². The second kappa shape index (κ2) is 8.50. The molecule has 0 amide bonds. The Morgan fingerprint density at radius 2 is 1.79 bits per heavy atom. The van der Waals surface area contributed by atoms with Crippen molar-refractivity contribution in [1.29, 1.82) is 0 Å². The van der Waals surface area contributed by atoms with Crippen LogP contribution in [0.2, 0.25) is 0 Å². The summed E-state index contributed by atoms with van der Waals surface area (Å²) in [4.78, 5) is 7.10. The van der Waals surface area contributed by atoms with E-state index in [1.807, 2.05) is 30.3 Å². The molecule has 1 aromatic heterocycles. The van der Waals surface area contributed by atoms with Gasteiger partial charge >= 0.3 is 0 Å². The summed E-state index contributed by atoms with van der Waals surface area (Å²) in [7, 11) is -4.49. The van der Waals surface area contributed by atoms with E-state index in [1.54, 1.807) is 0 Å². The third kappa shape index (κ3) is 4.83. The molecule has 0 aliphatic carbocycles. The third-order valence-corrected chi connectivity index (χ3v) is 5.77. The number of aromatic nitrogens is 2. The van der Waals surface area contributed by atoms with Crippen molar-refractivity contribution in [3.8, 4) is 5.88 Å². The lowest BCUT2D eigenvalue weighted by Crippen LogP contribution is -2.17. The van der Waals surface area contributed by atoms with Gasteiger partial charge in [0.05, 0.1) is 10.7 Å². The van der Waals surface area contributed by atoms with E-state index in [4.69, 9.17) is 4.74 Å². The standard InChI is InChI=1S/C17H11Br2F2N3O3S/c18-11-6-13(21)14(7-12(11)20)28(25,26)24-16-17(23-15(19)8-22-16)27-9-10-4-2-1-3-5-10/h1-8H,9H2,(H,22,24). The van der Waals surface area contributed by atoms with Gasteiger partial charge in [0.15, 0.2) is 0 Å². The molecule has 0 unspecified atom stereocenters. The minimum atomic E-state index is -4.49. The molecule has 0 radical (unpaired) electrons. The maximum absolute atomic E-state index is 14.1. The van der Waals surface area contributed by atoms with Crippen LogP contribution in [0.15, 0.2) is 62.6 Å². The van der Waals surface area contributed by atoms with Crippen LogP contribution in [-0.4, -0.2) is 18.4 Å². The van der Waals surface area contributed by atoms with Gasteiger partial charge in [-0.3, -0.25) is 4.72 Å². The molecule has 0 fully saturated rings. The van der Waals surface area contributed by atoms with Crippen LogP contribution in [0.4, 0.5) is 14.6 Å². The molecular weight excluding hydrogens is 524 g/mol. The van der Waals surface area contributed by atoms with Crippen molar-refractivity contribution in [3.63, 3.8) is 0 Å². The molecule has 1 N–H and O–H groups in total. The fraction of sp³-hybridized carbons (Fsp3) is 0.0588. The lowest BCUT2D eigenvalue weighted by atomic mass is 10.2. The van der Waals surface area contributed by atoms with Gasteiger partial charge in [-0.1, -0.05) is 30.3 Å². The summed E-state index contributed by atoms with van der Waals surface area (Å²) < 4.78 is 60.6. The van der Waals surface area contributed by atoms with Crippen molar-refractivity contribution < 1.29 is 21.9 Å². The van der Waals surface area contributed by atoms with E-state index in [0.29, 0.717) is 10.7 Å². The number of rotatable bonds is 6. The molecule has 0 saturated heterocycles. The van der Waals surface area contributed by atoms with Crippen LogP contribution in [-0.2, 0) is 16.6 Å². The molecule has 0 spiro atoms. The van der Waals surface area contributed by atoms with Crippen LogP contribution in [0.5, 0.6) is 5.88 Å². The van der Waals surface area contributed by atoms with Crippen LogP contribution in [0.1, 0.15) is 5.56 Å². The average Bonchev–Trinajstić information content (AvgIpc) is 2.65. The van der Waals surface area contributed by atoms with Crippen LogP contribution in [0.25, 0.3) is 0 Å². The Hall–Kier alpha value is -2.11. The second-order valence-electron chi connectivity index (χ2n) is 5.42. The zero-order valence-corrected chi connectivity index (χ0v) is 17.9. The van der Waals surface area contributed by atoms with Crippen molar-refractivity contribution in [1.82, 2.24) is 9.97 Å². The first-order valence-electron chi connectivity index (χ1n) is 7.63. The predicted octanol–water partition coefficient (Wildman–Crippen LogP) is 4.66. The summed E-state index contributed by atoms with van der Waals surface area (Å²) in [6, 6.07) is 10.4. The summed E-state index contributed by atoms with van der Waals surface area (Å²) in [6.07, 6.45) is 1.24. The molecule has 3 aromatic rings. The zero-order chi connectivity index (χ0) is 20.3. The Morgan fingerprint density at radius 3 is 2.50 bits per heavy atom. The number of nitrogens with one attached hydrogen (secondary N) is 1. The van der Waals surface area contributed by atoms with E-state index in [2.05, 4.69) is 46.5 Å². The molecule has 0 aliphatic heterocycles. The smallest absolute Gasteiger partial charge is 0.266 e. The van der Waals surface area contributed by atoms with Crippen molar-refractivity contribution in [2.24, 2.45) is 0 Å². The van der Waals surface area contributed by atoms with Crippen molar-refractivity contribution in [3.05, 3.63) is 74.9 Å². The van der Waals surface area contributed by atoms with Gasteiger partial charge in [-0.05, 0) is 49.6 Å². The molecule has 28 heavy (non-hydrogen) atoms. The van der Waals surface area contributed by atoms with E-state index < -0.39 is 26.6 Å². The van der Waals surface area contributed by atoms with E-state index >= 15 is 0 Å². The van der Waals surface area contributed by atoms with Crippen LogP contribution in [0.3, 0.4) is 0 Å². The molecule has 0 saturated carbocycles. The van der Waals surface area contributed by atoms with Gasteiger partial charge in [-0.2, -0.15) is 0 Å². The van der Waals surface area contributed by atoms with Crippen LogP contribution in [0, 0.1) is 11.6 Å². The van der Waals surface area contributed by atoms with E-state index in [-0.39, 0.29) is 22.8 Å². The summed E-state index contributed by atoms with van der Waals surface area (Å²) in [5.41, 5.74) is 0.819. The number of halogens is 4. The minimum Gasteiger partial charge on any atom is -0.470 e. The Labute approximate surface area is 176 Å². The molecule has 6 nitrogen and oxygen atoms in total. The molecule has 11 heteroatoms. The number of benzene rings is 2. The highest BCUT2D eigenvalue weighted by Crippen LogP contribution is 2.28. The number of nitrogens with zero attached hydrogens (tertiary/aromatic N) is 2. The molecule has 146 valence electrons. The molecular formula is C17H11Br2F2N3O3S. The van der Waals surface area contributed by atoms with E-state index in [1.165, 1.54) is 6.20 Å². The van der Waals surface area contributed by atoms with Gasteiger partial charge in [0.2, 0.25) is 5.82 Å². The van der Waals surface area contributed by atoms with Crippen molar-refractivity contribution in [2.45, 2.75) is 11.5 Å². The Balaban J connectivity index is 1.90. The fourth-order valence-electron chi connectivity index (χ4n) is 2.14. The largest absolute Gasteiger partial charge is 0.470 e. The van der Waals surface area contributed by atoms with Gasteiger partial charge < -0.3 is 4.74 Å². The molecule has 0 atom stereocenters. The maximum atomic E-state index is 14.1. The quantitative estimate of drug-likeness (QED) is 0.465. The lowest BCUT2D eigenvalue weighted by molar-refractivity contribution is 0.294. The number of sulfonamides is 1. The lowest BCUT2D eigenvalue weighted by Gasteiger charge is -2.13. The van der Waals surface area contributed by atoms with Crippen LogP contribution >= 0.6 is 31.9 Å². The van der Waals surface area contributed by atoms with Gasteiger partial charge in [0.25, 0.3) is 15.9 Å². The molecule has 2 aromatic carbocycles. The molecule has 3 rings (SSSR count). The normalized spacial score (nSPS) is 11.3. The molecule has 0 bridgehead atoms. The summed E-state index contributed by atoms with van der Waals surface area (Å²) in [5, 5.41) is 0. The highest BCUT2D eigenvalue weighted by Gasteiger charge is 2.24. The third-order valence-electron chi connectivity index (χ3n) is 3.42. The highest BCUT2D eigenvalue weighted by atomic mass is 79.9. The number of ether oxygens (including phenoxy) is 1. The van der Waals surface area contributed by atoms with Gasteiger partial charge in [-0.25, -0.2) is 27.2 Å². The number of hydrogen-bond acceptors (Lipinski definition) is 5. The monoisotopic (exact) mass is 533 g/mol. The predicted molar refractivity (Wildman–Crippen MR) is 105 cm³/mol. The fourth-order valence-corrected chi connectivity index (χ4v) is 3.80. The van der Waals surface area contributed by atoms with Gasteiger partial charge in [0.1, 0.15) is 27.7 Å². The number of anilines is 1. The topological polar surface area (TPSA) is 81.2 Å². The van der Waals surface area contributed by atoms with Crippen molar-refractivity contribution in [2.75, 3.05) is 4.72 Å². The van der Waals surface area contributed by atoms with Crippen LogP contribution < -0.4 is 9.46 Å². The summed E-state index contributed by atoms with van der Waals surface area (Å²) >= 11 is 5.93. The van der Waals surface area contributed by atoms with Gasteiger partial charge in [-0.15, -0.1) is 0 Å². The molecule has 0 aliphatic rings. The zero-order valence-electron chi connectivity index (χ0n) is 13.9. The summed E-state index contributed by atoms with van der Waals surface area (Å²) in [5.74, 6) is -2.44. The summed E-state index contributed by atoms with van der Waals surface area (Å²) in [6.45, 7) is 0.0992. The first-order valence-corrected chi connectivity index (χ1v) is 10.7. The Morgan fingerprint density at radius 1 is 1.07 bits per heavy atom. The average molecular weight is 535 g/mol.